The second kappa shape index (κ2) is 6.08. The van der Waals surface area contributed by atoms with Crippen LogP contribution in [0, 0.1) is 11.3 Å². The third kappa shape index (κ3) is 3.69. The summed E-state index contributed by atoms with van der Waals surface area (Å²) in [5.41, 5.74) is 0.276. The van der Waals surface area contributed by atoms with Crippen molar-refractivity contribution >= 4 is 22.4 Å². The summed E-state index contributed by atoms with van der Waals surface area (Å²) in [6, 6.07) is 0. The summed E-state index contributed by atoms with van der Waals surface area (Å²) in [6.45, 7) is 8.22. The normalized spacial score (nSPS) is 20.9. The molecule has 0 saturated carbocycles. The fraction of sp³-hybridized carbons (Fsp3) is 0.786. The van der Waals surface area contributed by atoms with Gasteiger partial charge >= 0.3 is 0 Å². The van der Waals surface area contributed by atoms with E-state index >= 15 is 0 Å². The van der Waals surface area contributed by atoms with E-state index in [2.05, 4.69) is 36.3 Å². The maximum absolute atomic E-state index is 12.2. The molecule has 1 saturated heterocycles. The average molecular weight is 296 g/mol. The van der Waals surface area contributed by atoms with E-state index in [9.17, 15) is 4.79 Å². The van der Waals surface area contributed by atoms with Gasteiger partial charge < -0.3 is 10.2 Å². The molecule has 112 valence electrons. The summed E-state index contributed by atoms with van der Waals surface area (Å²) in [7, 11) is 1.83. The van der Waals surface area contributed by atoms with Crippen LogP contribution in [0.5, 0.6) is 0 Å². The van der Waals surface area contributed by atoms with Crippen LogP contribution >= 0.6 is 11.3 Å². The minimum absolute atomic E-state index is 0.248. The number of hydrogen-bond acceptors (Lipinski definition) is 5. The number of carbonyl (C=O) groups is 1. The first kappa shape index (κ1) is 15.2. The first-order valence-electron chi connectivity index (χ1n) is 7.18. The number of nitrogens with one attached hydrogen (secondary N) is 1. The standard InChI is InChI=1S/C14H24N4OS/c1-14(2,3)10-5-6-12(19)18(8-7-10)9-11-16-17-13(15-4)20-11/h10H,5-9H2,1-4H3,(H,15,17). The Bertz CT molecular complexity index is 466. The summed E-state index contributed by atoms with van der Waals surface area (Å²) in [5.74, 6) is 0.858. The van der Waals surface area contributed by atoms with Crippen molar-refractivity contribution in [2.75, 3.05) is 18.9 Å². The molecule has 1 atom stereocenters. The molecule has 5 nitrogen and oxygen atoms in total. The van der Waals surface area contributed by atoms with E-state index in [1.54, 1.807) is 0 Å². The predicted molar refractivity (Wildman–Crippen MR) is 81.7 cm³/mol. The largest absolute Gasteiger partial charge is 0.363 e. The summed E-state index contributed by atoms with van der Waals surface area (Å²) in [6.07, 6.45) is 2.73. The topological polar surface area (TPSA) is 58.1 Å². The van der Waals surface area contributed by atoms with Crippen LogP contribution in [-0.4, -0.2) is 34.6 Å². The minimum atomic E-state index is 0.248. The lowest BCUT2D eigenvalue weighted by atomic mass is 9.77. The van der Waals surface area contributed by atoms with Crippen molar-refractivity contribution in [1.82, 2.24) is 15.1 Å². The molecule has 0 radical (unpaired) electrons. The van der Waals surface area contributed by atoms with Crippen molar-refractivity contribution in [1.29, 1.82) is 0 Å². The van der Waals surface area contributed by atoms with Crippen LogP contribution in [0.4, 0.5) is 5.13 Å². The van der Waals surface area contributed by atoms with Gasteiger partial charge in [-0.05, 0) is 24.2 Å². The molecule has 1 aliphatic heterocycles. The first-order chi connectivity index (χ1) is 9.40. The summed E-state index contributed by atoms with van der Waals surface area (Å²) >= 11 is 1.51. The Morgan fingerprint density at radius 3 is 2.70 bits per heavy atom. The van der Waals surface area contributed by atoms with Gasteiger partial charge in [0.2, 0.25) is 11.0 Å². The molecule has 1 aliphatic rings. The van der Waals surface area contributed by atoms with Gasteiger partial charge in [-0.1, -0.05) is 32.1 Å². The van der Waals surface area contributed by atoms with E-state index in [1.165, 1.54) is 11.3 Å². The number of hydrogen-bond donors (Lipinski definition) is 1. The molecular formula is C14H24N4OS. The molecule has 20 heavy (non-hydrogen) atoms. The van der Waals surface area contributed by atoms with Crippen LogP contribution < -0.4 is 5.32 Å². The van der Waals surface area contributed by atoms with Gasteiger partial charge in [0.25, 0.3) is 0 Å². The van der Waals surface area contributed by atoms with Crippen LogP contribution in [0.15, 0.2) is 0 Å². The van der Waals surface area contributed by atoms with E-state index in [0.29, 0.717) is 18.9 Å². The highest BCUT2D eigenvalue weighted by atomic mass is 32.1. The number of likely N-dealkylation sites (tertiary alicyclic amines) is 1. The molecule has 0 aliphatic carbocycles. The van der Waals surface area contributed by atoms with Crippen molar-refractivity contribution in [3.05, 3.63) is 5.01 Å². The monoisotopic (exact) mass is 296 g/mol. The van der Waals surface area contributed by atoms with Crippen molar-refractivity contribution in [3.63, 3.8) is 0 Å². The molecule has 0 aromatic carbocycles. The average Bonchev–Trinajstić information content (AvgIpc) is 2.74. The van der Waals surface area contributed by atoms with Gasteiger partial charge in [-0.3, -0.25) is 4.79 Å². The van der Waals surface area contributed by atoms with Gasteiger partial charge in [0, 0.05) is 20.0 Å². The minimum Gasteiger partial charge on any atom is -0.363 e. The second-order valence-electron chi connectivity index (χ2n) is 6.46. The Labute approximate surface area is 124 Å². The van der Waals surface area contributed by atoms with Crippen molar-refractivity contribution in [2.45, 2.75) is 46.6 Å². The van der Waals surface area contributed by atoms with Crippen LogP contribution in [0.25, 0.3) is 0 Å². The maximum Gasteiger partial charge on any atom is 0.222 e. The molecule has 2 heterocycles. The molecule has 2 rings (SSSR count). The zero-order valence-electron chi connectivity index (χ0n) is 12.8. The lowest BCUT2D eigenvalue weighted by Gasteiger charge is -2.29. The molecule has 1 N–H and O–H groups in total. The molecule has 1 amide bonds. The smallest absolute Gasteiger partial charge is 0.222 e. The maximum atomic E-state index is 12.2. The summed E-state index contributed by atoms with van der Waals surface area (Å²) in [4.78, 5) is 14.2. The lowest BCUT2D eigenvalue weighted by molar-refractivity contribution is -0.131. The highest BCUT2D eigenvalue weighted by Crippen LogP contribution is 2.34. The molecular weight excluding hydrogens is 272 g/mol. The summed E-state index contributed by atoms with van der Waals surface area (Å²) < 4.78 is 0. The number of anilines is 1. The van der Waals surface area contributed by atoms with Gasteiger partial charge in [-0.2, -0.15) is 0 Å². The Morgan fingerprint density at radius 1 is 1.35 bits per heavy atom. The Kier molecular flexibility index (Phi) is 4.62. The zero-order chi connectivity index (χ0) is 14.8. The zero-order valence-corrected chi connectivity index (χ0v) is 13.6. The van der Waals surface area contributed by atoms with Crippen LogP contribution in [0.2, 0.25) is 0 Å². The van der Waals surface area contributed by atoms with Crippen LogP contribution in [-0.2, 0) is 11.3 Å². The number of amides is 1. The fourth-order valence-electron chi connectivity index (χ4n) is 2.65. The van der Waals surface area contributed by atoms with Crippen molar-refractivity contribution in [2.24, 2.45) is 11.3 Å². The molecule has 6 heteroatoms. The van der Waals surface area contributed by atoms with E-state index in [0.717, 1.165) is 29.5 Å². The molecule has 0 bridgehead atoms. The number of rotatable bonds is 3. The Balaban J connectivity index is 2.00. The Morgan fingerprint density at radius 2 is 2.10 bits per heavy atom. The van der Waals surface area contributed by atoms with E-state index in [-0.39, 0.29) is 11.3 Å². The molecule has 0 spiro atoms. The molecule has 1 fully saturated rings. The highest BCUT2D eigenvalue weighted by Gasteiger charge is 2.30. The van der Waals surface area contributed by atoms with Gasteiger partial charge in [-0.15, -0.1) is 10.2 Å². The lowest BCUT2D eigenvalue weighted by Crippen LogP contribution is -2.30. The van der Waals surface area contributed by atoms with Crippen molar-refractivity contribution in [3.8, 4) is 0 Å². The highest BCUT2D eigenvalue weighted by molar-refractivity contribution is 7.15. The van der Waals surface area contributed by atoms with E-state index in [1.807, 2.05) is 11.9 Å². The van der Waals surface area contributed by atoms with E-state index < -0.39 is 0 Å². The van der Waals surface area contributed by atoms with Gasteiger partial charge in [0.15, 0.2) is 0 Å². The quantitative estimate of drug-likeness (QED) is 0.932. The van der Waals surface area contributed by atoms with Crippen LogP contribution in [0.3, 0.4) is 0 Å². The SMILES string of the molecule is CNc1nnc(CN2CCC(C(C)(C)C)CCC2=O)s1. The number of aromatic nitrogens is 2. The third-order valence-electron chi connectivity index (χ3n) is 4.04. The van der Waals surface area contributed by atoms with Gasteiger partial charge in [-0.25, -0.2) is 0 Å². The molecule has 1 aromatic heterocycles. The predicted octanol–water partition coefficient (Wildman–Crippen LogP) is 2.75. The first-order valence-corrected chi connectivity index (χ1v) is 7.99. The number of carbonyl (C=O) groups excluding carboxylic acids is 1. The second-order valence-corrected chi connectivity index (χ2v) is 7.52. The summed E-state index contributed by atoms with van der Waals surface area (Å²) in [5, 5.41) is 12.8. The van der Waals surface area contributed by atoms with Gasteiger partial charge in [0.1, 0.15) is 5.01 Å². The van der Waals surface area contributed by atoms with Crippen molar-refractivity contribution < 1.29 is 4.79 Å². The third-order valence-corrected chi connectivity index (χ3v) is 4.96. The number of nitrogens with zero attached hydrogens (tertiary/aromatic N) is 3. The van der Waals surface area contributed by atoms with Gasteiger partial charge in [0.05, 0.1) is 6.54 Å². The van der Waals surface area contributed by atoms with E-state index in [4.69, 9.17) is 0 Å². The Hall–Kier alpha value is -1.17. The molecule has 1 unspecified atom stereocenters. The molecule has 1 aromatic rings. The van der Waals surface area contributed by atoms with Crippen LogP contribution in [0.1, 0.15) is 45.0 Å². The fourth-order valence-corrected chi connectivity index (χ4v) is 3.36.